The summed E-state index contributed by atoms with van der Waals surface area (Å²) in [5.41, 5.74) is 3.70. The summed E-state index contributed by atoms with van der Waals surface area (Å²) in [5, 5.41) is 0. The van der Waals surface area contributed by atoms with Crippen LogP contribution in [0.15, 0.2) is 24.3 Å². The molecule has 0 aliphatic rings. The zero-order valence-electron chi connectivity index (χ0n) is 25.4. The molecule has 0 aliphatic carbocycles. The Morgan fingerprint density at radius 1 is 0.727 bits per heavy atom. The first-order valence-corrected chi connectivity index (χ1v) is 14.4. The molecule has 33 heavy (non-hydrogen) atoms. The fourth-order valence-corrected chi connectivity index (χ4v) is 3.98. The molecule has 1 aromatic carbocycles. The van der Waals surface area contributed by atoms with Gasteiger partial charge in [-0.05, 0) is 52.6 Å². The van der Waals surface area contributed by atoms with E-state index in [1.807, 2.05) is 13.8 Å². The lowest BCUT2D eigenvalue weighted by atomic mass is 9.76. The van der Waals surface area contributed by atoms with Gasteiger partial charge < -0.3 is 0 Å². The molecule has 0 aromatic heterocycles. The maximum absolute atomic E-state index is 2.45. The maximum atomic E-state index is 2.45. The van der Waals surface area contributed by atoms with E-state index in [1.165, 1.54) is 68.9 Å². The van der Waals surface area contributed by atoms with Crippen LogP contribution in [0.1, 0.15) is 158 Å². The van der Waals surface area contributed by atoms with E-state index in [0.717, 1.165) is 11.8 Å². The van der Waals surface area contributed by atoms with Crippen molar-refractivity contribution in [1.82, 2.24) is 0 Å². The second-order valence-electron chi connectivity index (χ2n) is 12.3. The summed E-state index contributed by atoms with van der Waals surface area (Å²) in [5.74, 6) is 2.43. The molecular formula is C33H64. The Morgan fingerprint density at radius 3 is 1.61 bits per heavy atom. The van der Waals surface area contributed by atoms with Crippen molar-refractivity contribution in [2.24, 2.45) is 22.7 Å². The summed E-state index contributed by atoms with van der Waals surface area (Å²) in [6.45, 7) is 29.6. The Balaban J connectivity index is 0. The van der Waals surface area contributed by atoms with Gasteiger partial charge in [0.25, 0.3) is 0 Å². The second kappa shape index (κ2) is 18.5. The lowest BCUT2D eigenvalue weighted by molar-refractivity contribution is 0.296. The summed E-state index contributed by atoms with van der Waals surface area (Å²) < 4.78 is 0. The fraction of sp³-hybridized carbons (Fsp3) is 0.818. The van der Waals surface area contributed by atoms with E-state index in [0.29, 0.717) is 16.7 Å². The van der Waals surface area contributed by atoms with Crippen molar-refractivity contribution in [2.45, 2.75) is 154 Å². The number of rotatable bonds is 12. The first kappa shape index (κ1) is 34.4. The van der Waals surface area contributed by atoms with Gasteiger partial charge in [0.15, 0.2) is 0 Å². The predicted octanol–water partition coefficient (Wildman–Crippen LogP) is 11.9. The smallest absolute Gasteiger partial charge is 0.0142 e. The highest BCUT2D eigenvalue weighted by Crippen LogP contribution is 2.35. The third kappa shape index (κ3) is 17.3. The summed E-state index contributed by atoms with van der Waals surface area (Å²) in [6.07, 6.45) is 12.2. The van der Waals surface area contributed by atoms with E-state index in [4.69, 9.17) is 0 Å². The summed E-state index contributed by atoms with van der Waals surface area (Å²) in [7, 11) is 0. The van der Waals surface area contributed by atoms with Crippen LogP contribution < -0.4 is 0 Å². The molecule has 1 aromatic rings. The molecule has 0 heteroatoms. The predicted molar refractivity (Wildman–Crippen MR) is 155 cm³/mol. The van der Waals surface area contributed by atoms with Crippen LogP contribution in [0.3, 0.4) is 0 Å². The van der Waals surface area contributed by atoms with Gasteiger partial charge in [-0.1, -0.05) is 159 Å². The van der Waals surface area contributed by atoms with Crippen LogP contribution in [-0.4, -0.2) is 0 Å². The van der Waals surface area contributed by atoms with Crippen molar-refractivity contribution in [3.8, 4) is 0 Å². The highest BCUT2D eigenvalue weighted by Gasteiger charge is 2.22. The molecule has 0 bridgehead atoms. The lowest BCUT2D eigenvalue weighted by Crippen LogP contribution is -2.17. The van der Waals surface area contributed by atoms with Gasteiger partial charge in [-0.2, -0.15) is 0 Å². The minimum atomic E-state index is 0.328. The molecule has 0 amide bonds. The SMILES string of the molecule is CC.CCC(C)C.CCCCC(CC)CCCC(C)(C)Cc1ccc(C(C)C(C)(C)C)cc1. The van der Waals surface area contributed by atoms with E-state index >= 15 is 0 Å². The highest BCUT2D eigenvalue weighted by molar-refractivity contribution is 5.26. The average molecular weight is 461 g/mol. The third-order valence-electron chi connectivity index (χ3n) is 7.29. The van der Waals surface area contributed by atoms with E-state index in [-0.39, 0.29) is 0 Å². The Morgan fingerprint density at radius 2 is 1.21 bits per heavy atom. The molecule has 0 saturated heterocycles. The van der Waals surface area contributed by atoms with Crippen LogP contribution in [0, 0.1) is 22.7 Å². The summed E-state index contributed by atoms with van der Waals surface area (Å²) >= 11 is 0. The maximum Gasteiger partial charge on any atom is -0.0142 e. The number of benzene rings is 1. The Labute approximate surface area is 211 Å². The van der Waals surface area contributed by atoms with Crippen LogP contribution >= 0.6 is 0 Å². The van der Waals surface area contributed by atoms with Crippen molar-refractivity contribution < 1.29 is 0 Å². The molecule has 0 nitrogen and oxygen atoms in total. The van der Waals surface area contributed by atoms with Crippen molar-refractivity contribution in [3.63, 3.8) is 0 Å². The zero-order valence-corrected chi connectivity index (χ0v) is 25.4. The van der Waals surface area contributed by atoms with Crippen molar-refractivity contribution in [2.75, 3.05) is 0 Å². The number of hydrogen-bond donors (Lipinski definition) is 0. The average Bonchev–Trinajstić information content (AvgIpc) is 2.77. The largest absolute Gasteiger partial charge is 0.0683 e. The van der Waals surface area contributed by atoms with Crippen molar-refractivity contribution >= 4 is 0 Å². The molecule has 0 fully saturated rings. The van der Waals surface area contributed by atoms with Crippen LogP contribution in [0.4, 0.5) is 0 Å². The van der Waals surface area contributed by atoms with Gasteiger partial charge >= 0.3 is 0 Å². The summed E-state index contributed by atoms with van der Waals surface area (Å²) in [4.78, 5) is 0. The molecule has 0 N–H and O–H groups in total. The van der Waals surface area contributed by atoms with E-state index in [1.54, 1.807) is 0 Å². The number of unbranched alkanes of at least 4 members (excludes halogenated alkanes) is 1. The zero-order chi connectivity index (χ0) is 26.1. The van der Waals surface area contributed by atoms with Crippen LogP contribution in [0.2, 0.25) is 0 Å². The minimum Gasteiger partial charge on any atom is -0.0683 e. The normalized spacial score (nSPS) is 13.5. The van der Waals surface area contributed by atoms with Gasteiger partial charge in [-0.15, -0.1) is 0 Å². The monoisotopic (exact) mass is 461 g/mol. The molecule has 0 aliphatic heterocycles. The van der Waals surface area contributed by atoms with Gasteiger partial charge in [0.1, 0.15) is 0 Å². The molecule has 0 saturated carbocycles. The lowest BCUT2D eigenvalue weighted by Gasteiger charge is -2.29. The Kier molecular flexibility index (Phi) is 19.3. The Bertz CT molecular complexity index is 540. The topological polar surface area (TPSA) is 0 Å². The third-order valence-corrected chi connectivity index (χ3v) is 7.29. The quantitative estimate of drug-likeness (QED) is 0.291. The molecule has 0 heterocycles. The molecule has 2 unspecified atom stereocenters. The van der Waals surface area contributed by atoms with Gasteiger partial charge in [-0.3, -0.25) is 0 Å². The van der Waals surface area contributed by atoms with Gasteiger partial charge in [-0.25, -0.2) is 0 Å². The van der Waals surface area contributed by atoms with E-state index < -0.39 is 0 Å². The van der Waals surface area contributed by atoms with Gasteiger partial charge in [0, 0.05) is 0 Å². The minimum absolute atomic E-state index is 0.328. The Hall–Kier alpha value is -0.780. The molecule has 1 rings (SSSR count). The van der Waals surface area contributed by atoms with Crippen LogP contribution in [0.5, 0.6) is 0 Å². The molecule has 0 spiro atoms. The molecular weight excluding hydrogens is 396 g/mol. The fourth-order valence-electron chi connectivity index (χ4n) is 3.98. The highest BCUT2D eigenvalue weighted by atomic mass is 14.3. The van der Waals surface area contributed by atoms with Crippen LogP contribution in [-0.2, 0) is 6.42 Å². The first-order valence-electron chi connectivity index (χ1n) is 14.4. The first-order chi connectivity index (χ1) is 15.4. The van der Waals surface area contributed by atoms with Crippen LogP contribution in [0.25, 0.3) is 0 Å². The van der Waals surface area contributed by atoms with Crippen molar-refractivity contribution in [1.29, 1.82) is 0 Å². The van der Waals surface area contributed by atoms with E-state index in [2.05, 4.69) is 100 Å². The van der Waals surface area contributed by atoms with Gasteiger partial charge in [0.05, 0.1) is 0 Å². The standard InChI is InChI=1S/C26H46.C5H12.C2H6/c1-9-11-13-22(10-2)14-12-19-26(7,8)20-23-15-17-24(18-16-23)21(3)25(4,5)6;1-4-5(2)3;1-2/h15-18,21-22H,9-14,19-20H2,1-8H3;5H,4H2,1-3H3;1-2H3. The molecule has 196 valence electrons. The van der Waals surface area contributed by atoms with E-state index in [9.17, 15) is 0 Å². The molecule has 0 radical (unpaired) electrons. The van der Waals surface area contributed by atoms with Crippen molar-refractivity contribution in [3.05, 3.63) is 35.4 Å². The molecule has 2 atom stereocenters. The second-order valence-corrected chi connectivity index (χ2v) is 12.3. The van der Waals surface area contributed by atoms with Gasteiger partial charge in [0.2, 0.25) is 0 Å². The summed E-state index contributed by atoms with van der Waals surface area (Å²) in [6, 6.07) is 9.46. The number of hydrogen-bond acceptors (Lipinski definition) is 0.